The summed E-state index contributed by atoms with van der Waals surface area (Å²) in [5, 5.41) is 14.9. The number of hydrogen-bond donors (Lipinski definition) is 1. The van der Waals surface area contributed by atoms with E-state index in [1.807, 2.05) is 38.1 Å². The van der Waals surface area contributed by atoms with E-state index in [0.717, 1.165) is 11.3 Å². The lowest BCUT2D eigenvalue weighted by Gasteiger charge is -2.23. The normalized spacial score (nSPS) is 12.0. The summed E-state index contributed by atoms with van der Waals surface area (Å²) in [7, 11) is 1.62. The molecule has 0 aliphatic carbocycles. The average Bonchev–Trinajstić information content (AvgIpc) is 3.19. The molecular formula is C20H22FN5O2S. The third kappa shape index (κ3) is 5.32. The van der Waals surface area contributed by atoms with E-state index in [0.29, 0.717) is 10.8 Å². The van der Waals surface area contributed by atoms with Crippen LogP contribution in [-0.4, -0.2) is 39.0 Å². The topological polar surface area (TPSA) is 81.9 Å². The molecule has 1 heterocycles. The second-order valence-electron chi connectivity index (χ2n) is 6.70. The van der Waals surface area contributed by atoms with Crippen molar-refractivity contribution in [2.45, 2.75) is 25.0 Å². The van der Waals surface area contributed by atoms with Gasteiger partial charge in [-0.1, -0.05) is 43.8 Å². The van der Waals surface area contributed by atoms with Crippen molar-refractivity contribution in [1.82, 2.24) is 25.5 Å². The van der Waals surface area contributed by atoms with Crippen LogP contribution in [0.5, 0.6) is 5.75 Å². The molecule has 1 atom stereocenters. The minimum absolute atomic E-state index is 0.131. The van der Waals surface area contributed by atoms with Gasteiger partial charge in [-0.25, -0.2) is 4.39 Å². The first-order valence-electron chi connectivity index (χ1n) is 9.08. The fourth-order valence-electron chi connectivity index (χ4n) is 2.83. The van der Waals surface area contributed by atoms with Gasteiger partial charge in [0.05, 0.1) is 24.6 Å². The largest absolute Gasteiger partial charge is 0.497 e. The molecule has 2 aromatic carbocycles. The van der Waals surface area contributed by atoms with Gasteiger partial charge in [-0.2, -0.15) is 4.68 Å². The number of carbonyl (C=O) groups is 1. The van der Waals surface area contributed by atoms with Gasteiger partial charge in [-0.15, -0.1) is 5.10 Å². The Labute approximate surface area is 172 Å². The fraction of sp³-hybridized carbons (Fsp3) is 0.300. The number of hydrogen-bond acceptors (Lipinski definition) is 6. The van der Waals surface area contributed by atoms with Crippen molar-refractivity contribution in [3.05, 3.63) is 59.9 Å². The number of rotatable bonds is 8. The first kappa shape index (κ1) is 20.8. The van der Waals surface area contributed by atoms with E-state index in [2.05, 4.69) is 20.8 Å². The van der Waals surface area contributed by atoms with Crippen molar-refractivity contribution in [2.24, 2.45) is 5.92 Å². The van der Waals surface area contributed by atoms with E-state index >= 15 is 0 Å². The number of halogens is 1. The van der Waals surface area contributed by atoms with E-state index in [1.54, 1.807) is 19.2 Å². The van der Waals surface area contributed by atoms with Crippen molar-refractivity contribution in [1.29, 1.82) is 0 Å². The molecule has 0 aliphatic heterocycles. The number of methoxy groups -OCH3 is 1. The number of amides is 1. The second-order valence-corrected chi connectivity index (χ2v) is 7.65. The van der Waals surface area contributed by atoms with Crippen molar-refractivity contribution >= 4 is 17.7 Å². The highest BCUT2D eigenvalue weighted by Crippen LogP contribution is 2.25. The quantitative estimate of drug-likeness (QED) is 0.568. The number of nitrogens with one attached hydrogen (secondary N) is 1. The van der Waals surface area contributed by atoms with Crippen LogP contribution < -0.4 is 10.1 Å². The third-order valence-corrected chi connectivity index (χ3v) is 5.20. The highest BCUT2D eigenvalue weighted by molar-refractivity contribution is 7.99. The van der Waals surface area contributed by atoms with Crippen LogP contribution in [0.1, 0.15) is 25.5 Å². The maximum atomic E-state index is 13.5. The van der Waals surface area contributed by atoms with Crippen LogP contribution in [-0.2, 0) is 4.79 Å². The van der Waals surface area contributed by atoms with Crippen LogP contribution in [0, 0.1) is 11.7 Å². The molecule has 0 fully saturated rings. The number of thioether (sulfide) groups is 1. The highest BCUT2D eigenvalue weighted by atomic mass is 32.2. The summed E-state index contributed by atoms with van der Waals surface area (Å²) in [5.74, 6) is 0.580. The Morgan fingerprint density at radius 1 is 1.24 bits per heavy atom. The Kier molecular flexibility index (Phi) is 6.82. The Hall–Kier alpha value is -2.94. The number of ether oxygens (including phenoxy) is 1. The standard InChI is InChI=1S/C20H22FN5O2S/c1-13(2)19(14-7-9-17(28-3)10-8-14)22-18(27)12-29-20-23-24-25-26(20)16-6-4-5-15(21)11-16/h4-11,13,19H,12H2,1-3H3,(H,22,27). The van der Waals surface area contributed by atoms with E-state index in [4.69, 9.17) is 4.74 Å². The Morgan fingerprint density at radius 3 is 2.66 bits per heavy atom. The van der Waals surface area contributed by atoms with Gasteiger partial charge in [-0.3, -0.25) is 4.79 Å². The van der Waals surface area contributed by atoms with Crippen LogP contribution in [0.25, 0.3) is 5.69 Å². The summed E-state index contributed by atoms with van der Waals surface area (Å²) in [6.07, 6.45) is 0. The lowest BCUT2D eigenvalue weighted by Crippen LogP contribution is -2.33. The minimum Gasteiger partial charge on any atom is -0.497 e. The number of aromatic nitrogens is 4. The van der Waals surface area contributed by atoms with Crippen LogP contribution >= 0.6 is 11.8 Å². The molecule has 0 aliphatic rings. The number of nitrogens with zero attached hydrogens (tertiary/aromatic N) is 4. The summed E-state index contributed by atoms with van der Waals surface area (Å²) in [6.45, 7) is 4.10. The van der Waals surface area contributed by atoms with Crippen molar-refractivity contribution < 1.29 is 13.9 Å². The first-order valence-corrected chi connectivity index (χ1v) is 10.1. The Bertz CT molecular complexity index is 962. The molecular weight excluding hydrogens is 393 g/mol. The molecule has 3 aromatic rings. The van der Waals surface area contributed by atoms with E-state index < -0.39 is 0 Å². The smallest absolute Gasteiger partial charge is 0.230 e. The predicted octanol–water partition coefficient (Wildman–Crippen LogP) is 3.42. The van der Waals surface area contributed by atoms with E-state index in [-0.39, 0.29) is 29.4 Å². The molecule has 0 saturated heterocycles. The summed E-state index contributed by atoms with van der Waals surface area (Å²) >= 11 is 1.19. The number of benzene rings is 2. The maximum Gasteiger partial charge on any atom is 0.230 e. The lowest BCUT2D eigenvalue weighted by atomic mass is 9.96. The van der Waals surface area contributed by atoms with Crippen LogP contribution in [0.4, 0.5) is 4.39 Å². The van der Waals surface area contributed by atoms with E-state index in [1.165, 1.54) is 28.6 Å². The molecule has 0 spiro atoms. The zero-order valence-corrected chi connectivity index (χ0v) is 17.2. The molecule has 1 amide bonds. The third-order valence-electron chi connectivity index (χ3n) is 4.28. The summed E-state index contributed by atoms with van der Waals surface area (Å²) in [5.41, 5.74) is 1.50. The molecule has 7 nitrogen and oxygen atoms in total. The van der Waals surface area contributed by atoms with Crippen molar-refractivity contribution in [3.8, 4) is 11.4 Å². The maximum absolute atomic E-state index is 13.5. The molecule has 1 aromatic heterocycles. The molecule has 152 valence electrons. The molecule has 3 rings (SSSR count). The Morgan fingerprint density at radius 2 is 2.00 bits per heavy atom. The number of carbonyl (C=O) groups excluding carboxylic acids is 1. The lowest BCUT2D eigenvalue weighted by molar-refractivity contribution is -0.119. The second kappa shape index (κ2) is 9.51. The van der Waals surface area contributed by atoms with Gasteiger partial charge in [0, 0.05) is 0 Å². The number of tetrazole rings is 1. The van der Waals surface area contributed by atoms with Gasteiger partial charge in [0.1, 0.15) is 11.6 Å². The van der Waals surface area contributed by atoms with Gasteiger partial charge in [0.15, 0.2) is 0 Å². The Balaban J connectivity index is 1.65. The average molecular weight is 415 g/mol. The van der Waals surface area contributed by atoms with Gasteiger partial charge in [0.2, 0.25) is 11.1 Å². The molecule has 9 heteroatoms. The first-order chi connectivity index (χ1) is 14.0. The summed E-state index contributed by atoms with van der Waals surface area (Å²) < 4.78 is 20.1. The summed E-state index contributed by atoms with van der Waals surface area (Å²) in [6, 6.07) is 13.5. The van der Waals surface area contributed by atoms with Gasteiger partial charge >= 0.3 is 0 Å². The molecule has 0 saturated carbocycles. The minimum atomic E-state index is -0.383. The van der Waals surface area contributed by atoms with Crippen LogP contribution in [0.15, 0.2) is 53.7 Å². The van der Waals surface area contributed by atoms with Gasteiger partial charge < -0.3 is 10.1 Å². The van der Waals surface area contributed by atoms with Crippen LogP contribution in [0.2, 0.25) is 0 Å². The fourth-order valence-corrected chi connectivity index (χ4v) is 3.53. The monoisotopic (exact) mass is 415 g/mol. The highest BCUT2D eigenvalue weighted by Gasteiger charge is 2.19. The molecule has 29 heavy (non-hydrogen) atoms. The van der Waals surface area contributed by atoms with Gasteiger partial charge in [0.25, 0.3) is 0 Å². The zero-order valence-electron chi connectivity index (χ0n) is 16.4. The van der Waals surface area contributed by atoms with Crippen molar-refractivity contribution in [3.63, 3.8) is 0 Å². The van der Waals surface area contributed by atoms with Crippen LogP contribution in [0.3, 0.4) is 0 Å². The van der Waals surface area contributed by atoms with E-state index in [9.17, 15) is 9.18 Å². The summed E-state index contributed by atoms with van der Waals surface area (Å²) in [4.78, 5) is 12.6. The molecule has 1 unspecified atom stereocenters. The van der Waals surface area contributed by atoms with Gasteiger partial charge in [-0.05, 0) is 52.2 Å². The zero-order chi connectivity index (χ0) is 20.8. The van der Waals surface area contributed by atoms with Crippen molar-refractivity contribution in [2.75, 3.05) is 12.9 Å². The molecule has 0 radical (unpaired) electrons. The molecule has 0 bridgehead atoms. The molecule has 1 N–H and O–H groups in total. The SMILES string of the molecule is COc1ccc(C(NC(=O)CSc2nnnn2-c2cccc(F)c2)C(C)C)cc1. The predicted molar refractivity (Wildman–Crippen MR) is 109 cm³/mol.